The van der Waals surface area contributed by atoms with Crippen LogP contribution in [0.2, 0.25) is 0 Å². The Morgan fingerprint density at radius 2 is 1.84 bits per heavy atom. The Balaban J connectivity index is 1.77. The van der Waals surface area contributed by atoms with Crippen molar-refractivity contribution in [2.24, 2.45) is 0 Å². The van der Waals surface area contributed by atoms with Crippen molar-refractivity contribution in [3.05, 3.63) is 83.9 Å². The van der Waals surface area contributed by atoms with Crippen molar-refractivity contribution >= 4 is 28.5 Å². The van der Waals surface area contributed by atoms with Crippen LogP contribution in [0.25, 0.3) is 22.2 Å². The molecule has 0 saturated carbocycles. The van der Waals surface area contributed by atoms with Crippen molar-refractivity contribution < 1.29 is 4.74 Å². The van der Waals surface area contributed by atoms with E-state index in [1.54, 1.807) is 11.9 Å². The van der Waals surface area contributed by atoms with E-state index in [1.807, 2.05) is 48.5 Å². The molecular weight excluding hydrogens is 414 g/mol. The summed E-state index contributed by atoms with van der Waals surface area (Å²) in [6, 6.07) is 27.0. The van der Waals surface area contributed by atoms with Crippen LogP contribution in [0.3, 0.4) is 0 Å². The van der Waals surface area contributed by atoms with E-state index in [2.05, 4.69) is 53.5 Å². The number of nitrogens with one attached hydrogen (secondary N) is 1. The van der Waals surface area contributed by atoms with Crippen molar-refractivity contribution in [2.75, 3.05) is 10.5 Å². The van der Waals surface area contributed by atoms with E-state index in [9.17, 15) is 5.26 Å². The highest BCUT2D eigenvalue weighted by Gasteiger charge is 2.19. The van der Waals surface area contributed by atoms with Crippen molar-refractivity contribution in [2.45, 2.75) is 33.4 Å². The smallest absolute Gasteiger partial charge is 0.120 e. The molecule has 32 heavy (non-hydrogen) atoms. The van der Waals surface area contributed by atoms with Gasteiger partial charge in [0, 0.05) is 28.9 Å². The van der Waals surface area contributed by atoms with E-state index in [-0.39, 0.29) is 0 Å². The van der Waals surface area contributed by atoms with Gasteiger partial charge in [0.15, 0.2) is 0 Å². The molecule has 0 aliphatic heterocycles. The van der Waals surface area contributed by atoms with E-state index in [0.29, 0.717) is 12.2 Å². The van der Waals surface area contributed by atoms with Crippen molar-refractivity contribution in [3.8, 4) is 23.1 Å². The van der Waals surface area contributed by atoms with E-state index in [0.717, 1.165) is 57.9 Å². The van der Waals surface area contributed by atoms with E-state index >= 15 is 0 Å². The van der Waals surface area contributed by atoms with Gasteiger partial charge in [-0.1, -0.05) is 68.3 Å². The molecule has 0 atom stereocenters. The molecule has 0 spiro atoms. The van der Waals surface area contributed by atoms with Crippen LogP contribution in [-0.4, -0.2) is 10.3 Å². The van der Waals surface area contributed by atoms with Gasteiger partial charge in [-0.15, -0.1) is 0 Å². The SMILES string of the molecule is CCCn1c(-c2cccc(NSCC)c2)c(C#N)c2cc(OCc3ccccc3)ccc21. The fourth-order valence-corrected chi connectivity index (χ4v) is 4.36. The third-order valence-electron chi connectivity index (χ3n) is 5.31. The van der Waals surface area contributed by atoms with E-state index in [4.69, 9.17) is 4.74 Å². The molecule has 3 aromatic carbocycles. The number of aryl methyl sites for hydroxylation is 1. The Morgan fingerprint density at radius 1 is 1.00 bits per heavy atom. The summed E-state index contributed by atoms with van der Waals surface area (Å²) in [7, 11) is 0. The maximum atomic E-state index is 10.1. The molecule has 0 radical (unpaired) electrons. The number of hydrogen-bond acceptors (Lipinski definition) is 4. The predicted octanol–water partition coefficient (Wildman–Crippen LogP) is 7.25. The highest BCUT2D eigenvalue weighted by molar-refractivity contribution is 8.00. The molecule has 1 N–H and O–H groups in total. The normalized spacial score (nSPS) is 10.8. The summed E-state index contributed by atoms with van der Waals surface area (Å²) < 4.78 is 11.7. The summed E-state index contributed by atoms with van der Waals surface area (Å²) in [5.74, 6) is 1.75. The van der Waals surface area contributed by atoms with Gasteiger partial charge in [-0.25, -0.2) is 0 Å². The van der Waals surface area contributed by atoms with Gasteiger partial charge in [0.2, 0.25) is 0 Å². The molecule has 0 saturated heterocycles. The maximum Gasteiger partial charge on any atom is 0.120 e. The molecular formula is C27H27N3OS. The maximum absolute atomic E-state index is 10.1. The van der Waals surface area contributed by atoms with Gasteiger partial charge in [-0.05, 0) is 42.3 Å². The molecule has 4 rings (SSSR count). The van der Waals surface area contributed by atoms with Crippen LogP contribution >= 0.6 is 11.9 Å². The fraction of sp³-hybridized carbons (Fsp3) is 0.222. The first-order valence-electron chi connectivity index (χ1n) is 11.0. The number of aromatic nitrogens is 1. The lowest BCUT2D eigenvalue weighted by Gasteiger charge is -2.12. The average molecular weight is 442 g/mol. The Kier molecular flexibility index (Phi) is 7.03. The van der Waals surface area contributed by atoms with Gasteiger partial charge in [-0.2, -0.15) is 5.26 Å². The largest absolute Gasteiger partial charge is 0.489 e. The highest BCUT2D eigenvalue weighted by Crippen LogP contribution is 2.36. The van der Waals surface area contributed by atoms with Crippen LogP contribution in [0.4, 0.5) is 5.69 Å². The standard InChI is InChI=1S/C27H27N3OS/c1-3-15-30-26-14-13-23(31-19-20-9-6-5-7-10-20)17-24(26)25(18-28)27(30)21-11-8-12-22(16-21)29-32-4-2/h5-14,16-17,29H,3-4,15,19H2,1-2H3. The van der Waals surface area contributed by atoms with Gasteiger partial charge in [0.25, 0.3) is 0 Å². The van der Waals surface area contributed by atoms with Gasteiger partial charge in [-0.3, -0.25) is 0 Å². The third kappa shape index (κ3) is 4.61. The molecule has 0 amide bonds. The van der Waals surface area contributed by atoms with Gasteiger partial charge in [0.05, 0.1) is 16.8 Å². The molecule has 1 heterocycles. The third-order valence-corrected chi connectivity index (χ3v) is 5.98. The second-order valence-corrected chi connectivity index (χ2v) is 8.63. The van der Waals surface area contributed by atoms with Crippen molar-refractivity contribution in [3.63, 3.8) is 0 Å². The number of nitrogens with zero attached hydrogens (tertiary/aromatic N) is 2. The van der Waals surface area contributed by atoms with E-state index < -0.39 is 0 Å². The molecule has 4 aromatic rings. The lowest BCUT2D eigenvalue weighted by molar-refractivity contribution is 0.306. The molecule has 162 valence electrons. The number of ether oxygens (including phenoxy) is 1. The number of hydrogen-bond donors (Lipinski definition) is 1. The van der Waals surface area contributed by atoms with Crippen LogP contribution < -0.4 is 9.46 Å². The zero-order valence-electron chi connectivity index (χ0n) is 18.5. The first-order chi connectivity index (χ1) is 15.7. The average Bonchev–Trinajstić information content (AvgIpc) is 3.15. The summed E-state index contributed by atoms with van der Waals surface area (Å²) >= 11 is 1.66. The van der Waals surface area contributed by atoms with Crippen LogP contribution in [0.1, 0.15) is 31.4 Å². The molecule has 0 aliphatic carbocycles. The minimum absolute atomic E-state index is 0.500. The Bertz CT molecular complexity index is 1240. The summed E-state index contributed by atoms with van der Waals surface area (Å²) in [6.07, 6.45) is 0.984. The Labute approximate surface area is 194 Å². The van der Waals surface area contributed by atoms with E-state index in [1.165, 1.54) is 0 Å². The lowest BCUT2D eigenvalue weighted by atomic mass is 10.1. The lowest BCUT2D eigenvalue weighted by Crippen LogP contribution is -2.00. The second-order valence-electron chi connectivity index (χ2n) is 7.56. The molecule has 0 fully saturated rings. The number of fused-ring (bicyclic) bond motifs is 1. The Morgan fingerprint density at radius 3 is 2.59 bits per heavy atom. The van der Waals surface area contributed by atoms with Gasteiger partial charge >= 0.3 is 0 Å². The van der Waals surface area contributed by atoms with Crippen LogP contribution in [0, 0.1) is 11.3 Å². The molecule has 0 unspecified atom stereocenters. The topological polar surface area (TPSA) is 50.0 Å². The van der Waals surface area contributed by atoms with Crippen LogP contribution in [-0.2, 0) is 13.2 Å². The number of anilines is 1. The molecule has 5 heteroatoms. The number of benzene rings is 3. The Hall–Kier alpha value is -3.36. The van der Waals surface area contributed by atoms with Gasteiger partial charge < -0.3 is 14.0 Å². The summed E-state index contributed by atoms with van der Waals surface area (Å²) in [4.78, 5) is 0. The summed E-state index contributed by atoms with van der Waals surface area (Å²) in [5.41, 5.74) is 5.92. The monoisotopic (exact) mass is 441 g/mol. The summed E-state index contributed by atoms with van der Waals surface area (Å²) in [5, 5.41) is 11.1. The second kappa shape index (κ2) is 10.3. The number of nitriles is 1. The zero-order valence-corrected chi connectivity index (χ0v) is 19.3. The van der Waals surface area contributed by atoms with Crippen molar-refractivity contribution in [1.82, 2.24) is 4.57 Å². The quantitative estimate of drug-likeness (QED) is 0.278. The molecule has 0 aliphatic rings. The van der Waals surface area contributed by atoms with Crippen LogP contribution in [0.5, 0.6) is 5.75 Å². The minimum Gasteiger partial charge on any atom is -0.489 e. The summed E-state index contributed by atoms with van der Waals surface area (Å²) in [6.45, 7) is 5.62. The fourth-order valence-electron chi connectivity index (χ4n) is 3.92. The molecule has 0 bridgehead atoms. The van der Waals surface area contributed by atoms with Crippen LogP contribution in [0.15, 0.2) is 72.8 Å². The first-order valence-corrected chi connectivity index (χ1v) is 11.9. The highest BCUT2D eigenvalue weighted by atomic mass is 32.2. The number of rotatable bonds is 9. The van der Waals surface area contributed by atoms with Crippen molar-refractivity contribution in [1.29, 1.82) is 5.26 Å². The zero-order chi connectivity index (χ0) is 22.3. The molecule has 4 nitrogen and oxygen atoms in total. The first kappa shape index (κ1) is 21.9. The molecule has 1 aromatic heterocycles. The van der Waals surface area contributed by atoms with Gasteiger partial charge in [0.1, 0.15) is 18.4 Å². The minimum atomic E-state index is 0.500. The predicted molar refractivity (Wildman–Crippen MR) is 135 cm³/mol.